The monoisotopic (exact) mass is 330 g/mol. The average Bonchev–Trinajstić information content (AvgIpc) is 2.53. The summed E-state index contributed by atoms with van der Waals surface area (Å²) >= 11 is 0. The second-order valence-electron chi connectivity index (χ2n) is 8.34. The summed E-state index contributed by atoms with van der Waals surface area (Å²) in [6, 6.07) is 7.44. The fourth-order valence-corrected chi connectivity index (χ4v) is 3.66. The highest BCUT2D eigenvalue weighted by molar-refractivity contribution is 5.73. The molecule has 24 heavy (non-hydrogen) atoms. The lowest BCUT2D eigenvalue weighted by molar-refractivity contribution is -0.118. The van der Waals surface area contributed by atoms with Gasteiger partial charge in [0, 0.05) is 18.2 Å². The summed E-state index contributed by atoms with van der Waals surface area (Å²) < 4.78 is 0. The molecule has 0 spiro atoms. The molecule has 0 atom stereocenters. The van der Waals surface area contributed by atoms with Crippen molar-refractivity contribution in [3.8, 4) is 0 Å². The van der Waals surface area contributed by atoms with Gasteiger partial charge in [0.15, 0.2) is 0 Å². The smallest absolute Gasteiger partial charge is 0.217 e. The topological polar surface area (TPSA) is 55.1 Å². The third kappa shape index (κ3) is 5.25. The van der Waals surface area contributed by atoms with Gasteiger partial charge in [-0.3, -0.25) is 4.79 Å². The Morgan fingerprint density at radius 3 is 2.42 bits per heavy atom. The molecule has 3 N–H and O–H groups in total. The Morgan fingerprint density at radius 1 is 1.21 bits per heavy atom. The van der Waals surface area contributed by atoms with Gasteiger partial charge in [0.25, 0.3) is 0 Å². The van der Waals surface area contributed by atoms with Crippen molar-refractivity contribution in [2.45, 2.75) is 84.1 Å². The summed E-state index contributed by atoms with van der Waals surface area (Å²) in [6.45, 7) is 9.03. The molecule has 0 aliphatic heterocycles. The van der Waals surface area contributed by atoms with E-state index in [0.29, 0.717) is 18.4 Å². The van der Waals surface area contributed by atoms with Crippen molar-refractivity contribution >= 4 is 11.6 Å². The molecule has 134 valence electrons. The Labute approximate surface area is 147 Å². The minimum atomic E-state index is -0.165. The molecule has 3 nitrogen and oxygen atoms in total. The summed E-state index contributed by atoms with van der Waals surface area (Å²) in [7, 11) is 0. The van der Waals surface area contributed by atoms with Crippen LogP contribution >= 0.6 is 0 Å². The van der Waals surface area contributed by atoms with E-state index in [1.54, 1.807) is 0 Å². The molecule has 0 saturated heterocycles. The van der Waals surface area contributed by atoms with Crippen molar-refractivity contribution in [1.29, 1.82) is 0 Å². The van der Waals surface area contributed by atoms with Crippen LogP contribution in [0.15, 0.2) is 18.2 Å². The Hall–Kier alpha value is -1.51. The minimum Gasteiger partial charge on any atom is -0.382 e. The number of hydrogen-bond acceptors (Lipinski definition) is 2. The molecule has 1 aromatic rings. The lowest BCUT2D eigenvalue weighted by Gasteiger charge is -2.30. The van der Waals surface area contributed by atoms with E-state index in [9.17, 15) is 4.79 Å². The van der Waals surface area contributed by atoms with Gasteiger partial charge in [0.2, 0.25) is 5.91 Å². The van der Waals surface area contributed by atoms with E-state index in [-0.39, 0.29) is 11.3 Å². The summed E-state index contributed by atoms with van der Waals surface area (Å²) in [5, 5.41) is 3.77. The molecule has 0 unspecified atom stereocenters. The number of hydrogen-bond donors (Lipinski definition) is 2. The number of rotatable bonds is 6. The molecule has 0 heterocycles. The van der Waals surface area contributed by atoms with E-state index in [4.69, 9.17) is 5.73 Å². The fraction of sp³-hybridized carbons (Fsp3) is 0.667. The van der Waals surface area contributed by atoms with Crippen LogP contribution in [-0.2, 0) is 16.6 Å². The van der Waals surface area contributed by atoms with Gasteiger partial charge < -0.3 is 11.1 Å². The highest BCUT2D eigenvalue weighted by Crippen LogP contribution is 2.32. The van der Waals surface area contributed by atoms with E-state index in [2.05, 4.69) is 51.2 Å². The highest BCUT2D eigenvalue weighted by atomic mass is 16.1. The van der Waals surface area contributed by atoms with Gasteiger partial charge in [-0.2, -0.15) is 0 Å². The first-order valence-corrected chi connectivity index (χ1v) is 9.47. The fourth-order valence-electron chi connectivity index (χ4n) is 3.66. The van der Waals surface area contributed by atoms with Crippen molar-refractivity contribution in [3.05, 3.63) is 29.3 Å². The lowest BCUT2D eigenvalue weighted by atomic mass is 9.83. The predicted octanol–water partition coefficient (Wildman–Crippen LogP) is 4.78. The molecule has 0 bridgehead atoms. The summed E-state index contributed by atoms with van der Waals surface area (Å²) in [5.74, 6) is 0.506. The van der Waals surface area contributed by atoms with E-state index in [1.165, 1.54) is 42.5 Å². The number of carbonyl (C=O) groups is 1. The number of primary amides is 1. The lowest BCUT2D eigenvalue weighted by Crippen LogP contribution is -2.27. The van der Waals surface area contributed by atoms with Crippen LogP contribution in [0.4, 0.5) is 5.69 Å². The third-order valence-electron chi connectivity index (χ3n) is 5.36. The summed E-state index contributed by atoms with van der Waals surface area (Å²) in [5.41, 5.74) is 9.57. The van der Waals surface area contributed by atoms with Crippen LogP contribution in [0.5, 0.6) is 0 Å². The zero-order valence-electron chi connectivity index (χ0n) is 15.8. The number of amides is 1. The zero-order chi connectivity index (χ0) is 17.7. The molecule has 3 heteroatoms. The number of carbonyl (C=O) groups excluding carboxylic acids is 1. The van der Waals surface area contributed by atoms with Gasteiger partial charge in [0.05, 0.1) is 0 Å². The third-order valence-corrected chi connectivity index (χ3v) is 5.36. The minimum absolute atomic E-state index is 0.165. The van der Waals surface area contributed by atoms with Crippen LogP contribution in [0, 0.1) is 5.92 Å². The Bertz CT molecular complexity index is 551. The van der Waals surface area contributed by atoms with Crippen molar-refractivity contribution < 1.29 is 4.79 Å². The van der Waals surface area contributed by atoms with Crippen LogP contribution in [0.2, 0.25) is 0 Å². The van der Waals surface area contributed by atoms with Gasteiger partial charge in [-0.05, 0) is 67.1 Å². The molecule has 1 aliphatic rings. The second-order valence-corrected chi connectivity index (χ2v) is 8.34. The first-order chi connectivity index (χ1) is 11.3. The molecule has 0 radical (unpaired) electrons. The number of benzene rings is 1. The molecule has 0 aromatic heterocycles. The summed E-state index contributed by atoms with van der Waals surface area (Å²) in [4.78, 5) is 10.9. The largest absolute Gasteiger partial charge is 0.382 e. The van der Waals surface area contributed by atoms with E-state index >= 15 is 0 Å². The second kappa shape index (κ2) is 8.04. The number of nitrogens with two attached hydrogens (primary N) is 1. The molecule has 1 saturated carbocycles. The van der Waals surface area contributed by atoms with E-state index in [0.717, 1.165) is 12.8 Å². The maximum Gasteiger partial charge on any atom is 0.217 e. The number of anilines is 1. The van der Waals surface area contributed by atoms with Crippen molar-refractivity contribution in [2.24, 2.45) is 11.7 Å². The standard InChI is InChI=1S/C21H34N2O/c1-5-16-14-17(21(2,3)4)9-12-19(16)23-18-10-6-15(7-11-18)8-13-20(22)24/h9,12,14-15,18,23H,5-8,10-11,13H2,1-4H3,(H2,22,24). The molecule has 1 aliphatic carbocycles. The normalized spacial score (nSPS) is 21.5. The van der Waals surface area contributed by atoms with Crippen LogP contribution in [0.25, 0.3) is 0 Å². The first kappa shape index (κ1) is 18.8. The van der Waals surface area contributed by atoms with E-state index in [1.807, 2.05) is 0 Å². The average molecular weight is 331 g/mol. The molecule has 1 aromatic carbocycles. The van der Waals surface area contributed by atoms with Crippen LogP contribution < -0.4 is 11.1 Å². The highest BCUT2D eigenvalue weighted by Gasteiger charge is 2.22. The van der Waals surface area contributed by atoms with Gasteiger partial charge in [0.1, 0.15) is 0 Å². The van der Waals surface area contributed by atoms with Crippen LogP contribution in [0.1, 0.15) is 77.3 Å². The molecular weight excluding hydrogens is 296 g/mol. The van der Waals surface area contributed by atoms with Crippen molar-refractivity contribution in [2.75, 3.05) is 5.32 Å². The van der Waals surface area contributed by atoms with Crippen LogP contribution in [0.3, 0.4) is 0 Å². The molecular formula is C21H34N2O. The maximum atomic E-state index is 10.9. The SMILES string of the molecule is CCc1cc(C(C)(C)C)ccc1NC1CCC(CCC(N)=O)CC1. The summed E-state index contributed by atoms with van der Waals surface area (Å²) in [6.07, 6.45) is 7.33. The van der Waals surface area contributed by atoms with E-state index < -0.39 is 0 Å². The van der Waals surface area contributed by atoms with Crippen molar-refractivity contribution in [1.82, 2.24) is 0 Å². The predicted molar refractivity (Wildman–Crippen MR) is 102 cm³/mol. The molecule has 1 fully saturated rings. The van der Waals surface area contributed by atoms with Crippen molar-refractivity contribution in [3.63, 3.8) is 0 Å². The number of nitrogens with one attached hydrogen (secondary N) is 1. The quantitative estimate of drug-likeness (QED) is 0.788. The van der Waals surface area contributed by atoms with Gasteiger partial charge in [-0.1, -0.05) is 39.8 Å². The number of aryl methyl sites for hydroxylation is 1. The zero-order valence-corrected chi connectivity index (χ0v) is 15.8. The van der Waals surface area contributed by atoms with Gasteiger partial charge >= 0.3 is 0 Å². The van der Waals surface area contributed by atoms with Crippen LogP contribution in [-0.4, -0.2) is 11.9 Å². The van der Waals surface area contributed by atoms with Gasteiger partial charge in [-0.15, -0.1) is 0 Å². The van der Waals surface area contributed by atoms with Gasteiger partial charge in [-0.25, -0.2) is 0 Å². The molecule has 2 rings (SSSR count). The maximum absolute atomic E-state index is 10.9. The molecule has 1 amide bonds. The Morgan fingerprint density at radius 2 is 1.88 bits per heavy atom. The first-order valence-electron chi connectivity index (χ1n) is 9.47. The Balaban J connectivity index is 1.94. The Kier molecular flexibility index (Phi) is 6.31.